The van der Waals surface area contributed by atoms with Crippen molar-refractivity contribution < 1.29 is 42.9 Å². The highest BCUT2D eigenvalue weighted by Gasteiger charge is 2.29. The van der Waals surface area contributed by atoms with E-state index < -0.39 is 47.0 Å². The topological polar surface area (TPSA) is 140 Å². The zero-order valence-electron chi connectivity index (χ0n) is 24.2. The van der Waals surface area contributed by atoms with E-state index in [1.165, 1.54) is 12.1 Å². The molecule has 1 fully saturated rings. The van der Waals surface area contributed by atoms with Crippen molar-refractivity contribution in [1.82, 2.24) is 0 Å². The molecule has 2 N–H and O–H groups in total. The minimum atomic E-state index is -1.04. The third-order valence-electron chi connectivity index (χ3n) is 5.97. The summed E-state index contributed by atoms with van der Waals surface area (Å²) >= 11 is 0. The van der Waals surface area contributed by atoms with E-state index in [1.54, 1.807) is 54.5 Å². The maximum absolute atomic E-state index is 12.5. The largest absolute Gasteiger partial charge is 0.508 e. The molecule has 0 unspecified atom stereocenters. The maximum Gasteiger partial charge on any atom is 0.508 e. The van der Waals surface area contributed by atoms with Crippen molar-refractivity contribution in [2.45, 2.75) is 105 Å². The fourth-order valence-electron chi connectivity index (χ4n) is 3.54. The average Bonchev–Trinajstić information content (AvgIpc) is 2.83. The van der Waals surface area contributed by atoms with Crippen molar-refractivity contribution >= 4 is 24.1 Å². The molecule has 10 heteroatoms. The number of hydrogen-bond donors (Lipinski definition) is 1. The summed E-state index contributed by atoms with van der Waals surface area (Å²) in [5.74, 6) is -1.58. The van der Waals surface area contributed by atoms with E-state index in [9.17, 15) is 19.2 Å². The van der Waals surface area contributed by atoms with Crippen LogP contribution in [0, 0.1) is 10.8 Å². The maximum atomic E-state index is 12.5. The van der Waals surface area contributed by atoms with Gasteiger partial charge in [-0.1, -0.05) is 12.5 Å². The van der Waals surface area contributed by atoms with Gasteiger partial charge >= 0.3 is 24.1 Å². The first-order valence-electron chi connectivity index (χ1n) is 13.4. The van der Waals surface area contributed by atoms with Crippen molar-refractivity contribution in [2.75, 3.05) is 6.61 Å². The molecule has 0 heterocycles. The Bertz CT molecular complexity index is 1020. The summed E-state index contributed by atoms with van der Waals surface area (Å²) in [6.45, 7) is 11.6. The molecule has 0 amide bonds. The van der Waals surface area contributed by atoms with Gasteiger partial charge in [0.15, 0.2) is 11.5 Å². The smallest absolute Gasteiger partial charge is 0.461 e. The first-order chi connectivity index (χ1) is 18.1. The summed E-state index contributed by atoms with van der Waals surface area (Å²) in [7, 11) is 0. The first-order valence-corrected chi connectivity index (χ1v) is 13.4. The van der Waals surface area contributed by atoms with E-state index in [-0.39, 0.29) is 30.6 Å². The van der Waals surface area contributed by atoms with Gasteiger partial charge in [-0.15, -0.1) is 0 Å². The minimum Gasteiger partial charge on any atom is -0.461 e. The van der Waals surface area contributed by atoms with Gasteiger partial charge in [-0.3, -0.25) is 14.4 Å². The van der Waals surface area contributed by atoms with Crippen LogP contribution >= 0.6 is 0 Å². The standard InChI is InChI=1S/C29H43NO9/c1-18(36-27(34)37-20-11-9-8-10-12-20)17-35-24(31)21(30)15-19-13-14-22(38-25(32)28(2,3)4)23(16-19)39-26(33)29(5,6)7/h13-14,16,18,20-21H,8-12,15,17,30H2,1-7H3/t18-,21-/m0/s1. The Morgan fingerprint density at radius 1 is 0.897 bits per heavy atom. The lowest BCUT2D eigenvalue weighted by atomic mass is 9.97. The van der Waals surface area contributed by atoms with Crippen LogP contribution in [-0.2, 0) is 35.0 Å². The molecule has 218 valence electrons. The molecule has 10 nitrogen and oxygen atoms in total. The van der Waals surface area contributed by atoms with Crippen molar-refractivity contribution in [1.29, 1.82) is 0 Å². The van der Waals surface area contributed by atoms with Gasteiger partial charge in [-0.25, -0.2) is 4.79 Å². The molecular formula is C29H43NO9. The van der Waals surface area contributed by atoms with Crippen LogP contribution in [0.2, 0.25) is 0 Å². The Morgan fingerprint density at radius 3 is 2.03 bits per heavy atom. The lowest BCUT2D eigenvalue weighted by molar-refractivity contribution is -0.148. The second kappa shape index (κ2) is 13.8. The van der Waals surface area contributed by atoms with Crippen molar-refractivity contribution in [3.63, 3.8) is 0 Å². The van der Waals surface area contributed by atoms with Crippen LogP contribution in [0.3, 0.4) is 0 Å². The van der Waals surface area contributed by atoms with Gasteiger partial charge in [0.1, 0.15) is 24.9 Å². The molecule has 0 saturated heterocycles. The van der Waals surface area contributed by atoms with Crippen LogP contribution in [0.5, 0.6) is 11.5 Å². The normalized spacial score (nSPS) is 16.0. The molecular weight excluding hydrogens is 506 g/mol. The number of rotatable bonds is 9. The summed E-state index contributed by atoms with van der Waals surface area (Å²) in [4.78, 5) is 49.5. The number of nitrogens with two attached hydrogens (primary N) is 1. The molecule has 0 bridgehead atoms. The molecule has 1 aromatic rings. The quantitative estimate of drug-likeness (QED) is 0.335. The van der Waals surface area contributed by atoms with Crippen LogP contribution in [0.1, 0.15) is 86.1 Å². The first kappa shape index (κ1) is 32.1. The summed E-state index contributed by atoms with van der Waals surface area (Å²) in [5.41, 5.74) is 5.04. The number of carbonyl (C=O) groups excluding carboxylic acids is 4. The Balaban J connectivity index is 1.98. The third kappa shape index (κ3) is 10.9. The van der Waals surface area contributed by atoms with Gasteiger partial charge in [0.25, 0.3) is 0 Å². The van der Waals surface area contributed by atoms with E-state index in [2.05, 4.69) is 0 Å². The van der Waals surface area contributed by atoms with Gasteiger partial charge in [0.2, 0.25) is 0 Å². The van der Waals surface area contributed by atoms with Crippen molar-refractivity contribution in [3.8, 4) is 11.5 Å². The molecule has 1 aromatic carbocycles. The molecule has 0 spiro atoms. The molecule has 1 aliphatic rings. The van der Waals surface area contributed by atoms with Crippen LogP contribution in [0.25, 0.3) is 0 Å². The number of benzene rings is 1. The molecule has 1 aliphatic carbocycles. The molecule has 39 heavy (non-hydrogen) atoms. The average molecular weight is 550 g/mol. The van der Waals surface area contributed by atoms with Gasteiger partial charge in [0.05, 0.1) is 10.8 Å². The van der Waals surface area contributed by atoms with Crippen molar-refractivity contribution in [2.24, 2.45) is 16.6 Å². The van der Waals surface area contributed by atoms with E-state index in [0.717, 1.165) is 32.1 Å². The number of hydrogen-bond acceptors (Lipinski definition) is 10. The van der Waals surface area contributed by atoms with E-state index >= 15 is 0 Å². The minimum absolute atomic E-state index is 0.0455. The lowest BCUT2D eigenvalue weighted by Gasteiger charge is -2.22. The molecule has 0 aromatic heterocycles. The zero-order valence-corrected chi connectivity index (χ0v) is 24.2. The van der Waals surface area contributed by atoms with Gasteiger partial charge in [-0.2, -0.15) is 0 Å². The predicted molar refractivity (Wildman–Crippen MR) is 143 cm³/mol. The van der Waals surface area contributed by atoms with Crippen LogP contribution in [0.4, 0.5) is 4.79 Å². The van der Waals surface area contributed by atoms with Gasteiger partial charge < -0.3 is 29.4 Å². The highest BCUT2D eigenvalue weighted by molar-refractivity contribution is 5.81. The summed E-state index contributed by atoms with van der Waals surface area (Å²) in [5, 5.41) is 0. The highest BCUT2D eigenvalue weighted by atomic mass is 16.7. The highest BCUT2D eigenvalue weighted by Crippen LogP contribution is 2.33. The second-order valence-electron chi connectivity index (χ2n) is 12.1. The van der Waals surface area contributed by atoms with Crippen molar-refractivity contribution in [3.05, 3.63) is 23.8 Å². The summed E-state index contributed by atoms with van der Waals surface area (Å²) in [6.07, 6.45) is 3.27. The van der Waals surface area contributed by atoms with Crippen LogP contribution < -0.4 is 15.2 Å². The second-order valence-corrected chi connectivity index (χ2v) is 12.1. The van der Waals surface area contributed by atoms with Gasteiger partial charge in [0, 0.05) is 0 Å². The Kier molecular flexibility index (Phi) is 11.3. The molecule has 2 atom stereocenters. The fraction of sp³-hybridized carbons (Fsp3) is 0.655. The lowest BCUT2D eigenvalue weighted by Crippen LogP contribution is -2.36. The Labute approximate surface area is 230 Å². The molecule has 2 rings (SSSR count). The number of carbonyl (C=O) groups is 4. The number of ether oxygens (including phenoxy) is 5. The monoisotopic (exact) mass is 549 g/mol. The number of esters is 3. The fourth-order valence-corrected chi connectivity index (χ4v) is 3.54. The molecule has 1 saturated carbocycles. The molecule has 0 radical (unpaired) electrons. The van der Waals surface area contributed by atoms with Gasteiger partial charge in [-0.05, 0) is 98.3 Å². The Morgan fingerprint density at radius 2 is 1.46 bits per heavy atom. The predicted octanol–water partition coefficient (Wildman–Crippen LogP) is 4.88. The van der Waals surface area contributed by atoms with E-state index in [0.29, 0.717) is 5.56 Å². The third-order valence-corrected chi connectivity index (χ3v) is 5.97. The van der Waals surface area contributed by atoms with E-state index in [1.807, 2.05) is 0 Å². The van der Waals surface area contributed by atoms with E-state index in [4.69, 9.17) is 29.4 Å². The Hall–Kier alpha value is -3.14. The zero-order chi connectivity index (χ0) is 29.4. The SMILES string of the molecule is C[C@@H](COC(=O)[C@@H](N)Cc1ccc(OC(=O)C(C)(C)C)c(OC(=O)C(C)(C)C)c1)OC(=O)OC1CCCCC1. The van der Waals surface area contributed by atoms with Crippen LogP contribution in [-0.4, -0.2) is 48.9 Å². The van der Waals surface area contributed by atoms with Crippen LogP contribution in [0.15, 0.2) is 18.2 Å². The summed E-state index contributed by atoms with van der Waals surface area (Å²) < 4.78 is 26.8. The summed E-state index contributed by atoms with van der Waals surface area (Å²) in [6, 6.07) is 3.59. The molecule has 0 aliphatic heterocycles.